The number of piperidine rings is 1. The third-order valence-corrected chi connectivity index (χ3v) is 6.24. The Balaban J connectivity index is 1.49. The normalized spacial score (nSPS) is 36.0. The molecule has 1 saturated heterocycles. The molecule has 0 radical (unpaired) electrons. The Hall–Kier alpha value is -1.79. The minimum Gasteiger partial charge on any atom is -0.354 e. The summed E-state index contributed by atoms with van der Waals surface area (Å²) in [6.07, 6.45) is 4.68. The highest BCUT2D eigenvalue weighted by Gasteiger charge is 2.85. The fourth-order valence-electron chi connectivity index (χ4n) is 4.85. The third-order valence-electron chi connectivity index (χ3n) is 6.24. The van der Waals surface area contributed by atoms with Crippen molar-refractivity contribution in [1.82, 2.24) is 15.3 Å². The number of aryl methyl sites for hydroxylation is 1. The second-order valence-electron chi connectivity index (χ2n) is 8.10. The van der Waals surface area contributed by atoms with Crippen molar-refractivity contribution in [3.05, 3.63) is 18.1 Å². The fourth-order valence-corrected chi connectivity index (χ4v) is 4.85. The van der Waals surface area contributed by atoms with Gasteiger partial charge in [0.1, 0.15) is 17.6 Å². The maximum Gasteiger partial charge on any atom is 0.266 e. The molecule has 1 N–H and O–H groups in total. The van der Waals surface area contributed by atoms with Gasteiger partial charge >= 0.3 is 0 Å². The van der Waals surface area contributed by atoms with Gasteiger partial charge in [-0.15, -0.1) is 0 Å². The summed E-state index contributed by atoms with van der Waals surface area (Å²) in [5.74, 6) is -3.22. The lowest BCUT2D eigenvalue weighted by Crippen LogP contribution is -2.58. The molecule has 3 unspecified atom stereocenters. The van der Waals surface area contributed by atoms with E-state index in [1.54, 1.807) is 0 Å². The van der Waals surface area contributed by atoms with E-state index in [9.17, 15) is 13.6 Å². The largest absolute Gasteiger partial charge is 0.354 e. The number of carbonyl (C=O) groups excluding carboxylic acids is 1. The molecular formula is C18H24F2N4O. The van der Waals surface area contributed by atoms with Crippen molar-refractivity contribution in [3.63, 3.8) is 0 Å². The Bertz CT molecular complexity index is 712. The highest BCUT2D eigenvalue weighted by Crippen LogP contribution is 2.74. The number of anilines is 1. The molecule has 3 aliphatic rings. The predicted molar refractivity (Wildman–Crippen MR) is 89.5 cm³/mol. The van der Waals surface area contributed by atoms with Gasteiger partial charge in [0.05, 0.1) is 5.54 Å². The van der Waals surface area contributed by atoms with E-state index in [0.717, 1.165) is 37.3 Å². The first-order chi connectivity index (χ1) is 11.8. The Morgan fingerprint density at radius 3 is 2.80 bits per heavy atom. The van der Waals surface area contributed by atoms with Crippen molar-refractivity contribution in [2.75, 3.05) is 18.0 Å². The molecule has 3 atom stereocenters. The fraction of sp³-hybridized carbons (Fsp3) is 0.722. The molecule has 1 aliphatic heterocycles. The molecule has 2 heterocycles. The lowest BCUT2D eigenvalue weighted by atomic mass is 9.89. The lowest BCUT2D eigenvalue weighted by Gasteiger charge is -2.42. The number of hydrogen-bond acceptors (Lipinski definition) is 4. The van der Waals surface area contributed by atoms with E-state index in [4.69, 9.17) is 0 Å². The monoisotopic (exact) mass is 350 g/mol. The highest BCUT2D eigenvalue weighted by molar-refractivity contribution is 5.89. The summed E-state index contributed by atoms with van der Waals surface area (Å²) in [4.78, 5) is 23.3. The molecule has 136 valence electrons. The Kier molecular flexibility index (Phi) is 3.57. The van der Waals surface area contributed by atoms with E-state index in [-0.39, 0.29) is 0 Å². The molecule has 0 bridgehead atoms. The number of aromatic nitrogens is 2. The SMILES string of the molecule is Cc1cc(N2CCCC(C)(NC(=O)C34CCCC3C4(F)F)C2)ncn1. The number of alkyl halides is 2. The smallest absolute Gasteiger partial charge is 0.266 e. The number of hydrogen-bond donors (Lipinski definition) is 1. The van der Waals surface area contributed by atoms with Gasteiger partial charge in [-0.25, -0.2) is 18.7 Å². The quantitative estimate of drug-likeness (QED) is 0.911. The number of rotatable bonds is 3. The number of nitrogens with zero attached hydrogens (tertiary/aromatic N) is 3. The second-order valence-corrected chi connectivity index (χ2v) is 8.10. The average Bonchev–Trinajstić information content (AvgIpc) is 2.89. The van der Waals surface area contributed by atoms with Crippen LogP contribution in [0.15, 0.2) is 12.4 Å². The van der Waals surface area contributed by atoms with Crippen molar-refractivity contribution < 1.29 is 13.6 Å². The Labute approximate surface area is 146 Å². The zero-order chi connectivity index (χ0) is 17.9. The predicted octanol–water partition coefficient (Wildman–Crippen LogP) is 2.70. The van der Waals surface area contributed by atoms with Crippen LogP contribution in [0.2, 0.25) is 0 Å². The molecule has 7 heteroatoms. The summed E-state index contributed by atoms with van der Waals surface area (Å²) in [6, 6.07) is 1.91. The van der Waals surface area contributed by atoms with E-state index in [2.05, 4.69) is 20.2 Å². The number of fused-ring (bicyclic) bond motifs is 1. The summed E-state index contributed by atoms with van der Waals surface area (Å²) in [5.41, 5.74) is -1.08. The summed E-state index contributed by atoms with van der Waals surface area (Å²) < 4.78 is 28.2. The van der Waals surface area contributed by atoms with Crippen LogP contribution in [0.1, 0.15) is 44.7 Å². The Morgan fingerprint density at radius 2 is 2.12 bits per heavy atom. The van der Waals surface area contributed by atoms with Crippen molar-refractivity contribution in [2.45, 2.75) is 57.4 Å². The average molecular weight is 350 g/mol. The van der Waals surface area contributed by atoms with Crippen LogP contribution in [-0.2, 0) is 4.79 Å². The van der Waals surface area contributed by atoms with E-state index >= 15 is 0 Å². The molecule has 3 fully saturated rings. The first kappa shape index (κ1) is 16.7. The van der Waals surface area contributed by atoms with Gasteiger partial charge in [0, 0.05) is 30.8 Å². The summed E-state index contributed by atoms with van der Waals surface area (Å²) >= 11 is 0. The third kappa shape index (κ3) is 2.42. The Morgan fingerprint density at radius 1 is 1.32 bits per heavy atom. The van der Waals surface area contributed by atoms with Crippen LogP contribution in [0.5, 0.6) is 0 Å². The van der Waals surface area contributed by atoms with Gasteiger partial charge in [0.25, 0.3) is 5.92 Å². The molecule has 25 heavy (non-hydrogen) atoms. The molecule has 2 aliphatic carbocycles. The van der Waals surface area contributed by atoms with E-state index in [0.29, 0.717) is 19.4 Å². The molecule has 1 aromatic heterocycles. The van der Waals surface area contributed by atoms with Gasteiger partial charge in [-0.05, 0) is 39.5 Å². The van der Waals surface area contributed by atoms with Gasteiger partial charge in [-0.3, -0.25) is 4.79 Å². The van der Waals surface area contributed by atoms with Crippen LogP contribution in [0.3, 0.4) is 0 Å². The summed E-state index contributed by atoms with van der Waals surface area (Å²) in [5, 5.41) is 2.99. The molecule has 1 amide bonds. The van der Waals surface area contributed by atoms with Crippen LogP contribution < -0.4 is 10.2 Å². The topological polar surface area (TPSA) is 58.1 Å². The molecule has 5 nitrogen and oxygen atoms in total. The number of nitrogens with one attached hydrogen (secondary N) is 1. The summed E-state index contributed by atoms with van der Waals surface area (Å²) in [6.45, 7) is 5.27. The molecule has 2 saturated carbocycles. The van der Waals surface area contributed by atoms with Crippen molar-refractivity contribution >= 4 is 11.7 Å². The second kappa shape index (κ2) is 5.35. The van der Waals surface area contributed by atoms with Crippen molar-refractivity contribution in [1.29, 1.82) is 0 Å². The standard InChI is InChI=1S/C18H24F2N4O/c1-12-9-14(22-11-21-12)24-8-4-6-16(2,10-24)23-15(25)17-7-3-5-13(17)18(17,19)20/h9,11,13H,3-8,10H2,1-2H3,(H,23,25). The minimum absolute atomic E-state index is 0.307. The lowest BCUT2D eigenvalue weighted by molar-refractivity contribution is -0.132. The van der Waals surface area contributed by atoms with Crippen LogP contribution in [0.25, 0.3) is 0 Å². The highest BCUT2D eigenvalue weighted by atomic mass is 19.3. The minimum atomic E-state index is -2.83. The van der Waals surface area contributed by atoms with Gasteiger partial charge in [-0.1, -0.05) is 6.42 Å². The van der Waals surface area contributed by atoms with E-state index in [1.165, 1.54) is 6.33 Å². The number of halogens is 2. The number of amides is 1. The molecule has 4 rings (SSSR count). The summed E-state index contributed by atoms with van der Waals surface area (Å²) in [7, 11) is 0. The molecule has 1 aromatic rings. The van der Waals surface area contributed by atoms with Crippen LogP contribution >= 0.6 is 0 Å². The zero-order valence-electron chi connectivity index (χ0n) is 14.7. The van der Waals surface area contributed by atoms with Gasteiger partial charge < -0.3 is 10.2 Å². The van der Waals surface area contributed by atoms with Gasteiger partial charge in [0.15, 0.2) is 0 Å². The van der Waals surface area contributed by atoms with Crippen molar-refractivity contribution in [2.24, 2.45) is 11.3 Å². The van der Waals surface area contributed by atoms with Crippen LogP contribution in [0.4, 0.5) is 14.6 Å². The van der Waals surface area contributed by atoms with Crippen molar-refractivity contribution in [3.8, 4) is 0 Å². The first-order valence-corrected chi connectivity index (χ1v) is 9.03. The maximum absolute atomic E-state index is 14.1. The van der Waals surface area contributed by atoms with E-state index < -0.39 is 28.7 Å². The zero-order valence-corrected chi connectivity index (χ0v) is 14.7. The molecular weight excluding hydrogens is 326 g/mol. The van der Waals surface area contributed by atoms with E-state index in [1.807, 2.05) is 19.9 Å². The maximum atomic E-state index is 14.1. The first-order valence-electron chi connectivity index (χ1n) is 9.03. The molecule has 0 aromatic carbocycles. The number of carbonyl (C=O) groups is 1. The van der Waals surface area contributed by atoms with Gasteiger partial charge in [0.2, 0.25) is 5.91 Å². The van der Waals surface area contributed by atoms with Crippen LogP contribution in [0, 0.1) is 18.3 Å². The van der Waals surface area contributed by atoms with Crippen LogP contribution in [-0.4, -0.2) is 40.4 Å². The molecule has 0 spiro atoms. The van der Waals surface area contributed by atoms with Gasteiger partial charge in [-0.2, -0.15) is 0 Å².